The van der Waals surface area contributed by atoms with Crippen molar-refractivity contribution in [2.45, 2.75) is 311 Å². The van der Waals surface area contributed by atoms with Crippen LogP contribution in [-0.4, -0.2) is 475 Å². The van der Waals surface area contributed by atoms with E-state index >= 15 is 0 Å². The van der Waals surface area contributed by atoms with Crippen LogP contribution in [0.2, 0.25) is 0 Å². The maximum atomic E-state index is 13.2. The number of carbonyl (C=O) groups is 4. The minimum absolute atomic E-state index is 0.827. The van der Waals surface area contributed by atoms with Gasteiger partial charge in [-0.05, 0) is 6.92 Å². The van der Waals surface area contributed by atoms with E-state index in [0.717, 1.165) is 27.7 Å². The highest BCUT2D eigenvalue weighted by atomic mass is 16.8. The monoisotopic (exact) mass is 1620 g/mol. The summed E-state index contributed by atoms with van der Waals surface area (Å²) in [6, 6.07) is -7.39. The summed E-state index contributed by atoms with van der Waals surface area (Å²) in [6.07, 6.45) is -83.2. The van der Waals surface area contributed by atoms with Crippen LogP contribution in [0.4, 0.5) is 0 Å². The summed E-state index contributed by atoms with van der Waals surface area (Å²) < 4.78 is 101. The van der Waals surface area contributed by atoms with E-state index in [4.69, 9.17) is 80.5 Å². The second-order valence-electron chi connectivity index (χ2n) is 28.2. The van der Waals surface area contributed by atoms with Gasteiger partial charge in [0.1, 0.15) is 213 Å². The normalized spacial score (nSPS) is 49.3. The zero-order valence-electron chi connectivity index (χ0n) is 59.9. The summed E-state index contributed by atoms with van der Waals surface area (Å²) in [7, 11) is 0. The predicted octanol–water partition coefficient (Wildman–Crippen LogP) is -19.0. The van der Waals surface area contributed by atoms with Gasteiger partial charge in [0.2, 0.25) is 23.6 Å². The number of hydrogen-bond donors (Lipinski definition) is 28. The zero-order chi connectivity index (χ0) is 81.8. The molecule has 0 saturated carbocycles. The lowest BCUT2D eigenvalue weighted by Gasteiger charge is -2.51. The molecule has 0 unspecified atom stereocenters. The van der Waals surface area contributed by atoms with Gasteiger partial charge in [-0.15, -0.1) is 0 Å². The summed E-state index contributed by atoms with van der Waals surface area (Å²) in [4.78, 5) is 50.9. The second-order valence-corrected chi connectivity index (χ2v) is 28.2. The lowest BCUT2D eigenvalue weighted by molar-refractivity contribution is -0.396. The highest BCUT2D eigenvalue weighted by Crippen LogP contribution is 2.40. The molecule has 0 radical (unpaired) electrons. The Morgan fingerprint density at radius 1 is 0.252 bits per heavy atom. The van der Waals surface area contributed by atoms with Crippen LogP contribution < -0.4 is 21.3 Å². The van der Waals surface area contributed by atoms with Crippen molar-refractivity contribution in [3.8, 4) is 0 Å². The zero-order valence-corrected chi connectivity index (χ0v) is 59.9. The molecular formula is C62H104N4O45. The minimum Gasteiger partial charge on any atom is -0.394 e. The average molecular weight is 1630 g/mol. The van der Waals surface area contributed by atoms with Gasteiger partial charge in [-0.1, -0.05) is 0 Å². The molecule has 28 N–H and O–H groups in total. The topological polar surface area (TPSA) is 759 Å². The highest BCUT2D eigenvalue weighted by Gasteiger charge is 2.61. The first-order valence-electron chi connectivity index (χ1n) is 35.5. The summed E-state index contributed by atoms with van der Waals surface area (Å²) in [5.74, 6) is -3.59. The molecule has 9 saturated heterocycles. The maximum absolute atomic E-state index is 13.2. The lowest BCUT2D eigenvalue weighted by atomic mass is 9.93. The van der Waals surface area contributed by atoms with Crippen LogP contribution in [-0.2, 0) is 99.7 Å². The third-order valence-corrected chi connectivity index (χ3v) is 20.3. The molecule has 0 aromatic rings. The van der Waals surface area contributed by atoms with Crippen LogP contribution in [0.25, 0.3) is 0 Å². The van der Waals surface area contributed by atoms with Crippen LogP contribution in [0, 0.1) is 0 Å². The molecule has 45 atom stereocenters. The van der Waals surface area contributed by atoms with E-state index in [1.807, 2.05) is 0 Å². The molecule has 111 heavy (non-hydrogen) atoms. The van der Waals surface area contributed by atoms with Crippen LogP contribution in [0.1, 0.15) is 34.6 Å². The molecule has 4 amide bonds. The van der Waals surface area contributed by atoms with Crippen molar-refractivity contribution >= 4 is 23.6 Å². The number of nitrogens with one attached hydrogen (secondary N) is 4. The van der Waals surface area contributed by atoms with Crippen LogP contribution in [0.3, 0.4) is 0 Å². The Labute approximate surface area is 629 Å². The van der Waals surface area contributed by atoms with Crippen molar-refractivity contribution < 1.29 is 222 Å². The third-order valence-electron chi connectivity index (χ3n) is 20.3. The smallest absolute Gasteiger partial charge is 0.217 e. The van der Waals surface area contributed by atoms with Crippen molar-refractivity contribution in [2.75, 3.05) is 52.9 Å². The summed E-state index contributed by atoms with van der Waals surface area (Å²) in [5.41, 5.74) is 0. The molecule has 9 aliphatic heterocycles. The molecule has 0 aliphatic carbocycles. The summed E-state index contributed by atoms with van der Waals surface area (Å²) in [5, 5.41) is 276. The molecule has 9 rings (SSSR count). The maximum Gasteiger partial charge on any atom is 0.217 e. The average Bonchev–Trinajstić information content (AvgIpc) is 0.774. The number of hydrogen-bond acceptors (Lipinski definition) is 45. The van der Waals surface area contributed by atoms with E-state index in [1.54, 1.807) is 0 Å². The van der Waals surface area contributed by atoms with Gasteiger partial charge in [-0.2, -0.15) is 0 Å². The van der Waals surface area contributed by atoms with E-state index in [1.165, 1.54) is 6.92 Å². The van der Waals surface area contributed by atoms with Crippen LogP contribution >= 0.6 is 0 Å². The number of aliphatic hydroxyl groups is 24. The molecule has 9 aliphatic rings. The number of aliphatic hydroxyl groups excluding tert-OH is 24. The van der Waals surface area contributed by atoms with Gasteiger partial charge >= 0.3 is 0 Å². The van der Waals surface area contributed by atoms with E-state index in [2.05, 4.69) is 21.3 Å². The molecule has 0 aromatic heterocycles. The fourth-order valence-electron chi connectivity index (χ4n) is 14.3. The molecule has 642 valence electrons. The van der Waals surface area contributed by atoms with Gasteiger partial charge < -0.3 is 224 Å². The number of rotatable bonds is 28. The molecule has 9 fully saturated rings. The van der Waals surface area contributed by atoms with E-state index < -0.39 is 353 Å². The van der Waals surface area contributed by atoms with Gasteiger partial charge in [-0.25, -0.2) is 0 Å². The van der Waals surface area contributed by atoms with Crippen molar-refractivity contribution in [1.82, 2.24) is 21.3 Å². The summed E-state index contributed by atoms with van der Waals surface area (Å²) >= 11 is 0. The Kier molecular flexibility index (Phi) is 32.6. The van der Waals surface area contributed by atoms with Gasteiger partial charge in [0.15, 0.2) is 56.6 Å². The molecule has 0 spiro atoms. The Hall–Kier alpha value is -3.76. The first-order chi connectivity index (χ1) is 52.4. The van der Waals surface area contributed by atoms with E-state index in [0.29, 0.717) is 0 Å². The Balaban J connectivity index is 1.05. The quantitative estimate of drug-likeness (QED) is 0.0346. The molecule has 0 bridgehead atoms. The lowest BCUT2D eigenvalue weighted by Crippen LogP contribution is -2.71. The van der Waals surface area contributed by atoms with Gasteiger partial charge in [-0.3, -0.25) is 19.2 Å². The van der Waals surface area contributed by atoms with E-state index in [9.17, 15) is 142 Å². The highest BCUT2D eigenvalue weighted by molar-refractivity contribution is 5.74. The Bertz CT molecular complexity index is 2950. The minimum atomic E-state index is -2.55. The van der Waals surface area contributed by atoms with E-state index in [-0.39, 0.29) is 0 Å². The fourth-order valence-corrected chi connectivity index (χ4v) is 14.3. The second kappa shape index (κ2) is 39.7. The predicted molar refractivity (Wildman–Crippen MR) is 342 cm³/mol. The number of ether oxygens (including phenoxy) is 17. The van der Waals surface area contributed by atoms with Crippen LogP contribution in [0.5, 0.6) is 0 Å². The number of amides is 4. The summed E-state index contributed by atoms with van der Waals surface area (Å²) in [6.45, 7) is -3.36. The first-order valence-corrected chi connectivity index (χ1v) is 35.5. The fraction of sp³-hybridized carbons (Fsp3) is 0.935. The standard InChI is InChI=1S/C62H104N4O45/c1-14-31(77)41(87)45(91)58(97-14)95-13-26-50(38(84)27(54(94)98-26)63-15(2)73)106-56-29(65-17(4)75)39(85)49(24(11-72)103-56)108-60-47(93)51(109-62-53(44(90)35(81)22(9-70)102-62)111-55-28(64-16(3)74)37(83)32(78)19(6-67)99-55)36(82)25(105-60)12-96-61-52(43(89)34(80)21(8-69)101-61)110-57-30(66-18(5)76)40(86)48(23(10-71)104-57)107-59-46(92)42(88)33(79)20(7-68)100-59/h14,19-62,67-72,77-94H,6-13H2,1-5H3,(H,63,73)(H,64,74)(H,65,75)(H,66,76)/t14-,19+,20+,21+,22+,23+,24+,25+,26+,27+,28+,29+,30+,31+,32+,33-,34+,35+,36+,37+,38+,39+,40+,41+,42-,43-,44-,45-,46+,47-,48+,49+,50+,51-,52-,53-,54+,55-,56-,57-,58+,59-,60-,61+,62-/m0/s1. The SMILES string of the molecule is CC(=O)N[C@@H]1[C@@H](O)[C@H](O[C@@H]2O[C@H](CO)[C@@H](O[C@@H]3O[C@H](CO[C@@H]4O[C@H](CO)[C@@H](O)[C@H](O)[C@@H]4O[C@@H]4O[C@H](CO)[C@@H](O[C@@H]5O[C@H](CO)[C@H](O)[C@H](O)[C@H]5O)[C@H](O)[C@H]4NC(C)=O)[C@@H](O)[C@H](O[C@@H]4O[C@H](CO)[C@@H](O)[C@H](O)[C@@H]4O[C@@H]4O[C@H](CO)[C@@H](O)[C@H](O)[C@H]4NC(C)=O)[C@@H]3O)[C@H](O)[C@H]2NC(C)=O)[C@@H](CO[C@@H]2O[C@@H](C)[C@@H](O)[C@@H](O)[C@@H]2O)O[C@H]1O. The van der Waals surface area contributed by atoms with Gasteiger partial charge in [0, 0.05) is 27.7 Å². The van der Waals surface area contributed by atoms with Crippen molar-refractivity contribution in [2.24, 2.45) is 0 Å². The van der Waals surface area contributed by atoms with Crippen molar-refractivity contribution in [3.63, 3.8) is 0 Å². The molecule has 49 heteroatoms. The largest absolute Gasteiger partial charge is 0.394 e. The molecular weight excluding hydrogens is 1520 g/mol. The van der Waals surface area contributed by atoms with Crippen molar-refractivity contribution in [3.05, 3.63) is 0 Å². The van der Waals surface area contributed by atoms with Gasteiger partial charge in [0.05, 0.1) is 59.0 Å². The van der Waals surface area contributed by atoms with Crippen LogP contribution in [0.15, 0.2) is 0 Å². The van der Waals surface area contributed by atoms with Crippen molar-refractivity contribution in [1.29, 1.82) is 0 Å². The molecule has 49 nitrogen and oxygen atoms in total. The molecule has 9 heterocycles. The molecule has 0 aromatic carbocycles. The third kappa shape index (κ3) is 20.3. The first kappa shape index (κ1) is 91.1. The van der Waals surface area contributed by atoms with Gasteiger partial charge in [0.25, 0.3) is 0 Å². The Morgan fingerprint density at radius 3 is 1.03 bits per heavy atom. The number of carbonyl (C=O) groups excluding carboxylic acids is 4. The Morgan fingerprint density at radius 2 is 0.559 bits per heavy atom.